The minimum Gasteiger partial charge on any atom is -0.342 e. The maximum atomic E-state index is 13.1. The molecule has 21 heavy (non-hydrogen) atoms. The molecule has 2 saturated carbocycles. The van der Waals surface area contributed by atoms with Crippen LogP contribution in [0.4, 0.5) is 0 Å². The summed E-state index contributed by atoms with van der Waals surface area (Å²) < 4.78 is 0. The molecule has 1 aromatic rings. The predicted molar refractivity (Wildman–Crippen MR) is 82.7 cm³/mol. The first kappa shape index (κ1) is 13.3. The van der Waals surface area contributed by atoms with Crippen LogP contribution in [0.25, 0.3) is 0 Å². The molecule has 1 aliphatic heterocycles. The van der Waals surface area contributed by atoms with E-state index >= 15 is 0 Å². The molecule has 4 rings (SSSR count). The van der Waals surface area contributed by atoms with Crippen LogP contribution in [0.1, 0.15) is 37.2 Å². The predicted octanol–water partition coefficient (Wildman–Crippen LogP) is 2.38. The first-order valence-electron chi connectivity index (χ1n) is 8.33. The van der Waals surface area contributed by atoms with E-state index in [1.54, 1.807) is 0 Å². The Morgan fingerprint density at radius 2 is 1.86 bits per heavy atom. The molecule has 112 valence electrons. The van der Waals surface area contributed by atoms with Gasteiger partial charge in [-0.3, -0.25) is 4.79 Å². The second-order valence-corrected chi connectivity index (χ2v) is 7.13. The lowest BCUT2D eigenvalue weighted by atomic mass is 9.92. The normalized spacial score (nSPS) is 33.0. The molecule has 3 nitrogen and oxygen atoms in total. The number of carbonyl (C=O) groups is 1. The maximum Gasteiger partial charge on any atom is 0.230 e. The molecule has 1 aromatic carbocycles. The summed E-state index contributed by atoms with van der Waals surface area (Å²) in [5.41, 5.74) is 7.40. The van der Waals surface area contributed by atoms with Gasteiger partial charge in [0, 0.05) is 19.1 Å². The Kier molecular flexibility index (Phi) is 3.26. The van der Waals surface area contributed by atoms with Crippen LogP contribution in [0, 0.1) is 17.8 Å². The first-order chi connectivity index (χ1) is 10.2. The summed E-state index contributed by atoms with van der Waals surface area (Å²) in [6, 6.07) is 10.7. The van der Waals surface area contributed by atoms with Gasteiger partial charge in [-0.1, -0.05) is 30.3 Å². The Balaban J connectivity index is 1.53. The number of amides is 1. The van der Waals surface area contributed by atoms with E-state index in [9.17, 15) is 4.79 Å². The fraction of sp³-hybridized carbons (Fsp3) is 0.611. The molecule has 2 N–H and O–H groups in total. The molecule has 3 aliphatic rings. The highest BCUT2D eigenvalue weighted by Crippen LogP contribution is 2.45. The van der Waals surface area contributed by atoms with E-state index in [2.05, 4.69) is 17.0 Å². The van der Waals surface area contributed by atoms with Gasteiger partial charge in [-0.2, -0.15) is 0 Å². The number of nitrogens with two attached hydrogens (primary N) is 1. The quantitative estimate of drug-likeness (QED) is 0.926. The summed E-state index contributed by atoms with van der Waals surface area (Å²) in [6.45, 7) is 1.83. The van der Waals surface area contributed by atoms with Crippen LogP contribution in [0.2, 0.25) is 0 Å². The molecule has 3 fully saturated rings. The van der Waals surface area contributed by atoms with Crippen molar-refractivity contribution in [3.8, 4) is 0 Å². The lowest BCUT2D eigenvalue weighted by Gasteiger charge is -2.25. The summed E-state index contributed by atoms with van der Waals surface area (Å²) in [5, 5.41) is 0. The van der Waals surface area contributed by atoms with Crippen LogP contribution < -0.4 is 5.73 Å². The fourth-order valence-corrected chi connectivity index (χ4v) is 4.39. The maximum absolute atomic E-state index is 13.1. The third-order valence-electron chi connectivity index (χ3n) is 5.74. The van der Waals surface area contributed by atoms with E-state index in [0.29, 0.717) is 29.7 Å². The Morgan fingerprint density at radius 1 is 1.10 bits per heavy atom. The number of hydrogen-bond acceptors (Lipinski definition) is 2. The van der Waals surface area contributed by atoms with Crippen molar-refractivity contribution in [1.29, 1.82) is 0 Å². The van der Waals surface area contributed by atoms with Crippen LogP contribution in [0.3, 0.4) is 0 Å². The average molecular weight is 284 g/mol. The van der Waals surface area contributed by atoms with Gasteiger partial charge in [0.1, 0.15) is 0 Å². The van der Waals surface area contributed by atoms with E-state index in [-0.39, 0.29) is 5.92 Å². The number of likely N-dealkylation sites (tertiary alicyclic amines) is 1. The number of fused-ring (bicyclic) bond motifs is 1. The molecule has 3 heteroatoms. The van der Waals surface area contributed by atoms with E-state index < -0.39 is 0 Å². The monoisotopic (exact) mass is 284 g/mol. The molecule has 1 saturated heterocycles. The van der Waals surface area contributed by atoms with Crippen LogP contribution in [-0.2, 0) is 4.79 Å². The topological polar surface area (TPSA) is 46.3 Å². The van der Waals surface area contributed by atoms with Crippen molar-refractivity contribution >= 4 is 5.91 Å². The van der Waals surface area contributed by atoms with Crippen LogP contribution in [-0.4, -0.2) is 29.9 Å². The number of hydrogen-bond donors (Lipinski definition) is 1. The molecule has 2 aliphatic carbocycles. The third kappa shape index (κ3) is 2.38. The Bertz CT molecular complexity index is 525. The number of benzene rings is 1. The fourth-order valence-electron chi connectivity index (χ4n) is 4.39. The van der Waals surface area contributed by atoms with Crippen molar-refractivity contribution < 1.29 is 4.79 Å². The van der Waals surface area contributed by atoms with Crippen molar-refractivity contribution in [2.75, 3.05) is 13.1 Å². The molecule has 0 spiro atoms. The molecule has 1 heterocycles. The highest BCUT2D eigenvalue weighted by Gasteiger charge is 2.46. The number of rotatable bonds is 3. The van der Waals surface area contributed by atoms with Crippen molar-refractivity contribution in [3.63, 3.8) is 0 Å². The molecule has 0 radical (unpaired) electrons. The van der Waals surface area contributed by atoms with Crippen molar-refractivity contribution in [2.24, 2.45) is 23.5 Å². The summed E-state index contributed by atoms with van der Waals surface area (Å²) >= 11 is 0. The lowest BCUT2D eigenvalue weighted by molar-refractivity contribution is -0.132. The van der Waals surface area contributed by atoms with Gasteiger partial charge in [0.25, 0.3) is 0 Å². The van der Waals surface area contributed by atoms with E-state index in [1.165, 1.54) is 24.8 Å². The zero-order chi connectivity index (χ0) is 14.4. The zero-order valence-corrected chi connectivity index (χ0v) is 12.4. The molecular formula is C18H24N2O. The van der Waals surface area contributed by atoms with Crippen molar-refractivity contribution in [1.82, 2.24) is 4.90 Å². The first-order valence-corrected chi connectivity index (χ1v) is 8.33. The van der Waals surface area contributed by atoms with Gasteiger partial charge in [-0.15, -0.1) is 0 Å². The Hall–Kier alpha value is -1.35. The molecule has 1 amide bonds. The van der Waals surface area contributed by atoms with E-state index in [0.717, 1.165) is 19.5 Å². The van der Waals surface area contributed by atoms with Gasteiger partial charge in [-0.25, -0.2) is 0 Å². The molecular weight excluding hydrogens is 260 g/mol. The van der Waals surface area contributed by atoms with Crippen LogP contribution in [0.5, 0.6) is 0 Å². The largest absolute Gasteiger partial charge is 0.342 e. The SMILES string of the molecule is NC1CCC2CN(C(=O)C(c3ccccc3)C3CC3)CC12. The Morgan fingerprint density at radius 3 is 2.52 bits per heavy atom. The average Bonchev–Trinajstić information content (AvgIpc) is 3.13. The highest BCUT2D eigenvalue weighted by molar-refractivity contribution is 5.84. The molecule has 0 aromatic heterocycles. The zero-order valence-electron chi connectivity index (χ0n) is 12.4. The van der Waals surface area contributed by atoms with Gasteiger partial charge in [0.05, 0.1) is 5.92 Å². The summed E-state index contributed by atoms with van der Waals surface area (Å²) in [5.74, 6) is 2.20. The molecule has 4 unspecified atom stereocenters. The minimum atomic E-state index is 0.0845. The summed E-state index contributed by atoms with van der Waals surface area (Å²) in [6.07, 6.45) is 4.74. The van der Waals surface area contributed by atoms with Gasteiger partial charge in [0.15, 0.2) is 0 Å². The second-order valence-electron chi connectivity index (χ2n) is 7.13. The van der Waals surface area contributed by atoms with E-state index in [4.69, 9.17) is 5.73 Å². The van der Waals surface area contributed by atoms with E-state index in [1.807, 2.05) is 18.2 Å². The van der Waals surface area contributed by atoms with Gasteiger partial charge in [0.2, 0.25) is 5.91 Å². The minimum absolute atomic E-state index is 0.0845. The van der Waals surface area contributed by atoms with Gasteiger partial charge in [-0.05, 0) is 49.0 Å². The molecule has 4 atom stereocenters. The number of nitrogens with zero attached hydrogens (tertiary/aromatic N) is 1. The summed E-state index contributed by atoms with van der Waals surface area (Å²) in [7, 11) is 0. The second kappa shape index (κ2) is 5.13. The van der Waals surface area contributed by atoms with Crippen LogP contribution >= 0.6 is 0 Å². The van der Waals surface area contributed by atoms with Crippen molar-refractivity contribution in [3.05, 3.63) is 35.9 Å². The van der Waals surface area contributed by atoms with Crippen molar-refractivity contribution in [2.45, 2.75) is 37.6 Å². The highest BCUT2D eigenvalue weighted by atomic mass is 16.2. The number of carbonyl (C=O) groups excluding carboxylic acids is 1. The summed E-state index contributed by atoms with van der Waals surface area (Å²) in [4.78, 5) is 15.2. The molecule has 0 bridgehead atoms. The smallest absolute Gasteiger partial charge is 0.230 e. The standard InChI is InChI=1S/C18H24N2O/c19-16-9-8-14-10-20(11-15(14)16)18(21)17(13-6-7-13)12-4-2-1-3-5-12/h1-5,13-17H,6-11,19H2. The van der Waals surface area contributed by atoms with Gasteiger partial charge < -0.3 is 10.6 Å². The lowest BCUT2D eigenvalue weighted by Crippen LogP contribution is -2.37. The van der Waals surface area contributed by atoms with Gasteiger partial charge >= 0.3 is 0 Å². The Labute approximate surface area is 126 Å². The van der Waals surface area contributed by atoms with Crippen LogP contribution in [0.15, 0.2) is 30.3 Å². The third-order valence-corrected chi connectivity index (χ3v) is 5.74.